The molecule has 0 amide bonds. The third kappa shape index (κ3) is 2.33. The number of aliphatic hydroxyl groups excluding tert-OH is 2. The number of aromatic nitrogens is 2. The summed E-state index contributed by atoms with van der Waals surface area (Å²) in [4.78, 5) is 0. The van der Waals surface area contributed by atoms with Gasteiger partial charge in [-0.2, -0.15) is 5.10 Å². The molecule has 2 rings (SSSR count). The van der Waals surface area contributed by atoms with Crippen molar-refractivity contribution in [3.63, 3.8) is 0 Å². The molecule has 1 aliphatic carbocycles. The van der Waals surface area contributed by atoms with E-state index in [0.29, 0.717) is 12.1 Å². The standard InChI is InChI=1S/C10H16N2O2/c13-6-4-10(14)9-3-5-12(11-9)7-8-1-2-8/h3,5,8,10,13-14H,1-2,4,6-7H2. The van der Waals surface area contributed by atoms with Crippen molar-refractivity contribution >= 4 is 0 Å². The van der Waals surface area contributed by atoms with E-state index in [1.807, 2.05) is 16.9 Å². The molecule has 1 unspecified atom stereocenters. The second-order valence-corrected chi connectivity index (χ2v) is 3.93. The second-order valence-electron chi connectivity index (χ2n) is 3.93. The fraction of sp³-hybridized carbons (Fsp3) is 0.700. The lowest BCUT2D eigenvalue weighted by Crippen LogP contribution is -2.05. The Morgan fingerprint density at radius 2 is 2.36 bits per heavy atom. The van der Waals surface area contributed by atoms with Crippen molar-refractivity contribution < 1.29 is 10.2 Å². The van der Waals surface area contributed by atoms with Crippen molar-refractivity contribution in [2.45, 2.75) is 31.9 Å². The van der Waals surface area contributed by atoms with Gasteiger partial charge in [-0.1, -0.05) is 0 Å². The SMILES string of the molecule is OCCC(O)c1ccn(CC2CC2)n1. The lowest BCUT2D eigenvalue weighted by Gasteiger charge is -2.04. The zero-order valence-corrected chi connectivity index (χ0v) is 8.13. The molecule has 0 aromatic carbocycles. The highest BCUT2D eigenvalue weighted by atomic mass is 16.3. The van der Waals surface area contributed by atoms with Crippen LogP contribution in [0.2, 0.25) is 0 Å². The summed E-state index contributed by atoms with van der Waals surface area (Å²) < 4.78 is 1.88. The molecule has 1 saturated carbocycles. The Morgan fingerprint density at radius 1 is 1.57 bits per heavy atom. The minimum Gasteiger partial charge on any atom is -0.396 e. The van der Waals surface area contributed by atoms with Gasteiger partial charge in [0.15, 0.2) is 0 Å². The van der Waals surface area contributed by atoms with Crippen molar-refractivity contribution in [3.8, 4) is 0 Å². The van der Waals surface area contributed by atoms with Gasteiger partial charge in [0.2, 0.25) is 0 Å². The first kappa shape index (κ1) is 9.68. The maximum atomic E-state index is 9.55. The average molecular weight is 196 g/mol. The topological polar surface area (TPSA) is 58.3 Å². The molecule has 1 atom stereocenters. The first-order valence-electron chi connectivity index (χ1n) is 5.12. The first-order valence-corrected chi connectivity index (χ1v) is 5.12. The number of rotatable bonds is 5. The molecule has 0 radical (unpaired) electrons. The fourth-order valence-corrected chi connectivity index (χ4v) is 1.49. The Hall–Kier alpha value is -0.870. The number of aliphatic hydroxyl groups is 2. The molecule has 14 heavy (non-hydrogen) atoms. The second kappa shape index (κ2) is 4.11. The fourth-order valence-electron chi connectivity index (χ4n) is 1.49. The van der Waals surface area contributed by atoms with E-state index in [1.54, 1.807) is 0 Å². The molecule has 0 bridgehead atoms. The predicted octanol–water partition coefficient (Wildman–Crippen LogP) is 0.709. The van der Waals surface area contributed by atoms with Gasteiger partial charge in [0.25, 0.3) is 0 Å². The van der Waals surface area contributed by atoms with Crippen LogP contribution in [0.4, 0.5) is 0 Å². The van der Waals surface area contributed by atoms with E-state index in [4.69, 9.17) is 5.11 Å². The van der Waals surface area contributed by atoms with Crippen molar-refractivity contribution in [1.29, 1.82) is 0 Å². The van der Waals surface area contributed by atoms with Crippen LogP contribution in [0.1, 0.15) is 31.1 Å². The summed E-state index contributed by atoms with van der Waals surface area (Å²) in [5.41, 5.74) is 0.666. The summed E-state index contributed by atoms with van der Waals surface area (Å²) in [5, 5.41) is 22.5. The van der Waals surface area contributed by atoms with E-state index in [0.717, 1.165) is 12.5 Å². The van der Waals surface area contributed by atoms with Crippen LogP contribution < -0.4 is 0 Å². The maximum Gasteiger partial charge on any atom is 0.1000 e. The quantitative estimate of drug-likeness (QED) is 0.729. The van der Waals surface area contributed by atoms with E-state index < -0.39 is 6.10 Å². The van der Waals surface area contributed by atoms with Gasteiger partial charge < -0.3 is 10.2 Å². The highest BCUT2D eigenvalue weighted by Gasteiger charge is 2.22. The molecule has 1 fully saturated rings. The minimum absolute atomic E-state index is 0.00332. The molecule has 78 valence electrons. The van der Waals surface area contributed by atoms with Crippen LogP contribution in [0.3, 0.4) is 0 Å². The van der Waals surface area contributed by atoms with Crippen LogP contribution in [0, 0.1) is 5.92 Å². The van der Waals surface area contributed by atoms with Crippen LogP contribution in [-0.4, -0.2) is 26.6 Å². The summed E-state index contributed by atoms with van der Waals surface area (Å²) in [6.45, 7) is 0.961. The van der Waals surface area contributed by atoms with Gasteiger partial charge in [-0.05, 0) is 24.8 Å². The van der Waals surface area contributed by atoms with Gasteiger partial charge in [0.1, 0.15) is 0 Å². The monoisotopic (exact) mass is 196 g/mol. The Bertz CT molecular complexity index is 294. The summed E-state index contributed by atoms with van der Waals surface area (Å²) in [6, 6.07) is 1.82. The lowest BCUT2D eigenvalue weighted by molar-refractivity contribution is 0.130. The Balaban J connectivity index is 1.93. The molecule has 1 aromatic rings. The zero-order chi connectivity index (χ0) is 9.97. The van der Waals surface area contributed by atoms with Crippen molar-refractivity contribution in [1.82, 2.24) is 9.78 Å². The number of nitrogens with zero attached hydrogens (tertiary/aromatic N) is 2. The Morgan fingerprint density at radius 3 is 3.00 bits per heavy atom. The molecule has 4 heteroatoms. The average Bonchev–Trinajstić information content (AvgIpc) is 2.82. The third-order valence-electron chi connectivity index (χ3n) is 2.55. The van der Waals surface area contributed by atoms with Gasteiger partial charge in [0.05, 0.1) is 11.8 Å². The van der Waals surface area contributed by atoms with Crippen LogP contribution in [0.15, 0.2) is 12.3 Å². The maximum absolute atomic E-state index is 9.55. The normalized spacial score (nSPS) is 18.4. The highest BCUT2D eigenvalue weighted by molar-refractivity contribution is 5.03. The summed E-state index contributed by atoms with van der Waals surface area (Å²) in [6.07, 6.45) is 4.23. The van der Waals surface area contributed by atoms with Crippen LogP contribution >= 0.6 is 0 Å². The largest absolute Gasteiger partial charge is 0.396 e. The van der Waals surface area contributed by atoms with Gasteiger partial charge >= 0.3 is 0 Å². The molecular weight excluding hydrogens is 180 g/mol. The Kier molecular flexibility index (Phi) is 2.84. The van der Waals surface area contributed by atoms with Crippen LogP contribution in [-0.2, 0) is 6.54 Å². The van der Waals surface area contributed by atoms with Crippen molar-refractivity contribution in [2.75, 3.05) is 6.61 Å². The van der Waals surface area contributed by atoms with Crippen molar-refractivity contribution in [2.24, 2.45) is 5.92 Å². The smallest absolute Gasteiger partial charge is 0.1000 e. The molecular formula is C10H16N2O2. The molecule has 4 nitrogen and oxygen atoms in total. The first-order chi connectivity index (χ1) is 6.79. The molecule has 1 aromatic heterocycles. The van der Waals surface area contributed by atoms with E-state index >= 15 is 0 Å². The number of hydrogen-bond donors (Lipinski definition) is 2. The van der Waals surface area contributed by atoms with Gasteiger partial charge in [-0.25, -0.2) is 0 Å². The predicted molar refractivity (Wildman–Crippen MR) is 51.6 cm³/mol. The van der Waals surface area contributed by atoms with Crippen molar-refractivity contribution in [3.05, 3.63) is 18.0 Å². The van der Waals surface area contributed by atoms with Crippen LogP contribution in [0.5, 0.6) is 0 Å². The van der Waals surface area contributed by atoms with Crippen LogP contribution in [0.25, 0.3) is 0 Å². The third-order valence-corrected chi connectivity index (χ3v) is 2.55. The molecule has 0 spiro atoms. The summed E-state index contributed by atoms with van der Waals surface area (Å²) >= 11 is 0. The Labute approximate surface area is 83.2 Å². The highest BCUT2D eigenvalue weighted by Crippen LogP contribution is 2.30. The molecule has 1 heterocycles. The molecule has 0 saturated heterocycles. The van der Waals surface area contributed by atoms with E-state index in [1.165, 1.54) is 12.8 Å². The summed E-state index contributed by atoms with van der Waals surface area (Å²) in [7, 11) is 0. The molecule has 0 aliphatic heterocycles. The van der Waals surface area contributed by atoms with E-state index in [9.17, 15) is 5.11 Å². The lowest BCUT2D eigenvalue weighted by atomic mass is 10.2. The van der Waals surface area contributed by atoms with Gasteiger partial charge in [-0.3, -0.25) is 4.68 Å². The minimum atomic E-state index is -0.625. The van der Waals surface area contributed by atoms with E-state index in [2.05, 4.69) is 5.10 Å². The summed E-state index contributed by atoms with van der Waals surface area (Å²) in [5.74, 6) is 0.790. The zero-order valence-electron chi connectivity index (χ0n) is 8.13. The molecule has 2 N–H and O–H groups in total. The molecule has 1 aliphatic rings. The number of hydrogen-bond acceptors (Lipinski definition) is 3. The van der Waals surface area contributed by atoms with E-state index in [-0.39, 0.29) is 6.61 Å². The van der Waals surface area contributed by atoms with Gasteiger partial charge in [0, 0.05) is 25.8 Å². The van der Waals surface area contributed by atoms with Gasteiger partial charge in [-0.15, -0.1) is 0 Å².